The largest absolute Gasteiger partial charge is 0.451 e. The molecule has 1 heterocycles. The van der Waals surface area contributed by atoms with Crippen LogP contribution in [0.3, 0.4) is 0 Å². The number of ether oxygens (including phenoxy) is 1. The highest BCUT2D eigenvalue weighted by Gasteiger charge is 2.13. The first kappa shape index (κ1) is 15.8. The second kappa shape index (κ2) is 7.41. The van der Waals surface area contributed by atoms with E-state index in [1.807, 2.05) is 0 Å². The number of esters is 1. The SMILES string of the molecule is O=C(COC(=O)c1ccc[nH]1)NNC(=O)c1ccccc1Br. The van der Waals surface area contributed by atoms with Gasteiger partial charge in [-0.3, -0.25) is 20.4 Å². The number of hydrogen-bond acceptors (Lipinski definition) is 4. The summed E-state index contributed by atoms with van der Waals surface area (Å²) in [6, 6.07) is 9.91. The predicted molar refractivity (Wildman–Crippen MR) is 80.8 cm³/mol. The van der Waals surface area contributed by atoms with E-state index >= 15 is 0 Å². The van der Waals surface area contributed by atoms with Crippen LogP contribution in [-0.2, 0) is 9.53 Å². The number of H-pyrrole nitrogens is 1. The lowest BCUT2D eigenvalue weighted by Gasteiger charge is -2.08. The Bertz CT molecular complexity index is 685. The zero-order valence-electron chi connectivity index (χ0n) is 11.3. The lowest BCUT2D eigenvalue weighted by molar-refractivity contribution is -0.125. The molecule has 0 fully saturated rings. The van der Waals surface area contributed by atoms with Crippen LogP contribution in [-0.4, -0.2) is 29.4 Å². The number of hydrazine groups is 1. The van der Waals surface area contributed by atoms with Crippen LogP contribution < -0.4 is 10.9 Å². The zero-order valence-corrected chi connectivity index (χ0v) is 12.8. The van der Waals surface area contributed by atoms with Gasteiger partial charge < -0.3 is 9.72 Å². The molecule has 0 aliphatic carbocycles. The fourth-order valence-corrected chi connectivity index (χ4v) is 2.01. The minimum Gasteiger partial charge on any atom is -0.451 e. The van der Waals surface area contributed by atoms with Gasteiger partial charge in [0.25, 0.3) is 11.8 Å². The molecule has 0 spiro atoms. The molecule has 0 atom stereocenters. The number of aromatic nitrogens is 1. The Balaban J connectivity index is 1.77. The Hall–Kier alpha value is -2.61. The molecular formula is C14H12BrN3O4. The molecule has 0 saturated carbocycles. The van der Waals surface area contributed by atoms with Crippen molar-refractivity contribution in [1.29, 1.82) is 0 Å². The molecule has 0 unspecified atom stereocenters. The van der Waals surface area contributed by atoms with E-state index < -0.39 is 24.4 Å². The lowest BCUT2D eigenvalue weighted by atomic mass is 10.2. The van der Waals surface area contributed by atoms with E-state index in [0.29, 0.717) is 10.0 Å². The van der Waals surface area contributed by atoms with Gasteiger partial charge in [-0.25, -0.2) is 4.79 Å². The van der Waals surface area contributed by atoms with E-state index in [1.165, 1.54) is 6.07 Å². The summed E-state index contributed by atoms with van der Waals surface area (Å²) in [5.74, 6) is -1.80. The average molecular weight is 366 g/mol. The van der Waals surface area contributed by atoms with Crippen LogP contribution in [0.2, 0.25) is 0 Å². The molecule has 2 rings (SSSR count). The van der Waals surface area contributed by atoms with Crippen molar-refractivity contribution in [3.63, 3.8) is 0 Å². The van der Waals surface area contributed by atoms with Crippen molar-refractivity contribution < 1.29 is 19.1 Å². The van der Waals surface area contributed by atoms with Crippen LogP contribution in [0.5, 0.6) is 0 Å². The highest BCUT2D eigenvalue weighted by Crippen LogP contribution is 2.15. The van der Waals surface area contributed by atoms with E-state index in [1.54, 1.807) is 36.5 Å². The summed E-state index contributed by atoms with van der Waals surface area (Å²) in [7, 11) is 0. The summed E-state index contributed by atoms with van der Waals surface area (Å²) in [6.07, 6.45) is 1.56. The Morgan fingerprint density at radius 2 is 1.86 bits per heavy atom. The van der Waals surface area contributed by atoms with E-state index in [-0.39, 0.29) is 5.69 Å². The number of halogens is 1. The standard InChI is InChI=1S/C14H12BrN3O4/c15-10-5-2-1-4-9(10)13(20)18-17-12(19)8-22-14(21)11-6-3-7-16-11/h1-7,16H,8H2,(H,17,19)(H,18,20). The second-order valence-corrected chi connectivity index (χ2v) is 5.00. The van der Waals surface area contributed by atoms with E-state index in [2.05, 4.69) is 31.8 Å². The summed E-state index contributed by atoms with van der Waals surface area (Å²) < 4.78 is 5.36. The van der Waals surface area contributed by atoms with Crippen molar-refractivity contribution in [3.8, 4) is 0 Å². The Kier molecular flexibility index (Phi) is 5.31. The van der Waals surface area contributed by atoms with Gasteiger partial charge in [0.1, 0.15) is 5.69 Å². The molecule has 8 heteroatoms. The van der Waals surface area contributed by atoms with Crippen molar-refractivity contribution in [3.05, 3.63) is 58.3 Å². The molecular weight excluding hydrogens is 354 g/mol. The van der Waals surface area contributed by atoms with Crippen molar-refractivity contribution in [2.45, 2.75) is 0 Å². The minimum atomic E-state index is -0.655. The van der Waals surface area contributed by atoms with Gasteiger partial charge in [0.15, 0.2) is 6.61 Å². The van der Waals surface area contributed by atoms with Crippen LogP contribution in [0, 0.1) is 0 Å². The molecule has 0 radical (unpaired) electrons. The number of benzene rings is 1. The van der Waals surface area contributed by atoms with Gasteiger partial charge in [0.2, 0.25) is 0 Å². The number of amides is 2. The van der Waals surface area contributed by atoms with Crippen LogP contribution in [0.1, 0.15) is 20.8 Å². The van der Waals surface area contributed by atoms with E-state index in [9.17, 15) is 14.4 Å². The highest BCUT2D eigenvalue weighted by atomic mass is 79.9. The number of carbonyl (C=O) groups excluding carboxylic acids is 3. The third-order valence-corrected chi connectivity index (χ3v) is 3.28. The smallest absolute Gasteiger partial charge is 0.355 e. The molecule has 3 N–H and O–H groups in total. The second-order valence-electron chi connectivity index (χ2n) is 4.14. The van der Waals surface area contributed by atoms with Gasteiger partial charge in [-0.2, -0.15) is 0 Å². The molecule has 2 aromatic rings. The lowest BCUT2D eigenvalue weighted by Crippen LogP contribution is -2.43. The first-order chi connectivity index (χ1) is 10.6. The summed E-state index contributed by atoms with van der Waals surface area (Å²) in [4.78, 5) is 37.5. The normalized spacial score (nSPS) is 9.86. The van der Waals surface area contributed by atoms with Crippen molar-refractivity contribution in [1.82, 2.24) is 15.8 Å². The van der Waals surface area contributed by atoms with Crippen LogP contribution >= 0.6 is 15.9 Å². The molecule has 0 aliphatic heterocycles. The van der Waals surface area contributed by atoms with Gasteiger partial charge >= 0.3 is 5.97 Å². The Morgan fingerprint density at radius 1 is 1.09 bits per heavy atom. The summed E-state index contributed by atoms with van der Waals surface area (Å²) in [5, 5.41) is 0. The minimum absolute atomic E-state index is 0.241. The maximum atomic E-state index is 11.8. The van der Waals surface area contributed by atoms with E-state index in [0.717, 1.165) is 0 Å². The number of carbonyl (C=O) groups is 3. The third kappa shape index (κ3) is 4.19. The molecule has 114 valence electrons. The first-order valence-electron chi connectivity index (χ1n) is 6.22. The van der Waals surface area contributed by atoms with Gasteiger partial charge in [0, 0.05) is 10.7 Å². The van der Waals surface area contributed by atoms with Gasteiger partial charge in [-0.05, 0) is 40.2 Å². The molecule has 1 aromatic carbocycles. The van der Waals surface area contributed by atoms with Gasteiger partial charge in [-0.1, -0.05) is 12.1 Å². The maximum Gasteiger partial charge on any atom is 0.355 e. The third-order valence-electron chi connectivity index (χ3n) is 2.59. The van der Waals surface area contributed by atoms with Crippen molar-refractivity contribution in [2.75, 3.05) is 6.61 Å². The molecule has 0 saturated heterocycles. The zero-order chi connectivity index (χ0) is 15.9. The fourth-order valence-electron chi connectivity index (χ4n) is 1.54. The monoisotopic (exact) mass is 365 g/mol. The van der Waals surface area contributed by atoms with Gasteiger partial charge in [-0.15, -0.1) is 0 Å². The molecule has 1 aromatic heterocycles. The molecule has 2 amide bonds. The van der Waals surface area contributed by atoms with Crippen LogP contribution in [0.25, 0.3) is 0 Å². The topological polar surface area (TPSA) is 100 Å². The Morgan fingerprint density at radius 3 is 2.55 bits per heavy atom. The fraction of sp³-hybridized carbons (Fsp3) is 0.0714. The summed E-state index contributed by atoms with van der Waals surface area (Å²) in [6.45, 7) is -0.506. The molecule has 7 nitrogen and oxygen atoms in total. The Labute approximate surface area is 134 Å². The quantitative estimate of drug-likeness (QED) is 0.563. The highest BCUT2D eigenvalue weighted by molar-refractivity contribution is 9.10. The number of nitrogens with one attached hydrogen (secondary N) is 3. The number of hydrogen-bond donors (Lipinski definition) is 3. The van der Waals surface area contributed by atoms with E-state index in [4.69, 9.17) is 4.74 Å². The number of aromatic amines is 1. The summed E-state index contributed by atoms with van der Waals surface area (Å²) in [5.41, 5.74) is 5.00. The maximum absolute atomic E-state index is 11.8. The first-order valence-corrected chi connectivity index (χ1v) is 7.01. The molecule has 22 heavy (non-hydrogen) atoms. The number of rotatable bonds is 4. The van der Waals surface area contributed by atoms with Crippen molar-refractivity contribution in [2.24, 2.45) is 0 Å². The van der Waals surface area contributed by atoms with Crippen molar-refractivity contribution >= 4 is 33.7 Å². The summed E-state index contributed by atoms with van der Waals surface area (Å²) >= 11 is 3.23. The predicted octanol–water partition coefficient (Wildman–Crippen LogP) is 1.40. The molecule has 0 aliphatic rings. The van der Waals surface area contributed by atoms with Crippen LogP contribution in [0.4, 0.5) is 0 Å². The van der Waals surface area contributed by atoms with Gasteiger partial charge in [0.05, 0.1) is 5.56 Å². The van der Waals surface area contributed by atoms with Crippen LogP contribution in [0.15, 0.2) is 47.1 Å². The average Bonchev–Trinajstić information content (AvgIpc) is 3.05. The molecule has 0 bridgehead atoms.